The molecule has 0 aliphatic carbocycles. The molecule has 0 saturated heterocycles. The van der Waals surface area contributed by atoms with E-state index < -0.39 is 0 Å². The van der Waals surface area contributed by atoms with Crippen molar-refractivity contribution in [3.8, 4) is 11.1 Å². The number of aromatic amines is 1. The summed E-state index contributed by atoms with van der Waals surface area (Å²) in [7, 11) is 0. The van der Waals surface area contributed by atoms with E-state index in [-0.39, 0.29) is 5.91 Å². The predicted molar refractivity (Wildman–Crippen MR) is 103 cm³/mol. The van der Waals surface area contributed by atoms with Crippen LogP contribution in [0.25, 0.3) is 11.1 Å². The van der Waals surface area contributed by atoms with Gasteiger partial charge in [-0.3, -0.25) is 4.79 Å². The molecule has 4 aromatic rings. The third-order valence-electron chi connectivity index (χ3n) is 4.35. The van der Waals surface area contributed by atoms with Crippen LogP contribution in [0.15, 0.2) is 89.8 Å². The third-order valence-corrected chi connectivity index (χ3v) is 4.35. The van der Waals surface area contributed by atoms with E-state index in [1.165, 1.54) is 11.8 Å². The highest BCUT2D eigenvalue weighted by Crippen LogP contribution is 2.20. The Morgan fingerprint density at radius 1 is 0.926 bits per heavy atom. The van der Waals surface area contributed by atoms with E-state index in [9.17, 15) is 4.79 Å². The van der Waals surface area contributed by atoms with Crippen molar-refractivity contribution in [2.24, 2.45) is 0 Å². The summed E-state index contributed by atoms with van der Waals surface area (Å²) in [5.74, 6) is 0.891. The summed E-state index contributed by atoms with van der Waals surface area (Å²) in [5, 5.41) is 0. The number of hydrogen-bond acceptors (Lipinski definition) is 3. The molecule has 2 aromatic heterocycles. The molecule has 1 amide bonds. The fourth-order valence-corrected chi connectivity index (χ4v) is 2.97. The number of benzene rings is 2. The molecule has 0 unspecified atom stereocenters. The largest absolute Gasteiger partial charge is 0.459 e. The van der Waals surface area contributed by atoms with Crippen molar-refractivity contribution in [2.75, 3.05) is 0 Å². The highest BCUT2D eigenvalue weighted by Gasteiger charge is 2.20. The maximum Gasteiger partial charge on any atom is 0.290 e. The lowest BCUT2D eigenvalue weighted by Gasteiger charge is -2.21. The topological polar surface area (TPSA) is 62.1 Å². The van der Waals surface area contributed by atoms with Crippen LogP contribution in [0.3, 0.4) is 0 Å². The quantitative estimate of drug-likeness (QED) is 0.552. The first kappa shape index (κ1) is 16.8. The van der Waals surface area contributed by atoms with Crippen LogP contribution in [0, 0.1) is 0 Å². The minimum absolute atomic E-state index is 0.163. The minimum atomic E-state index is -0.163. The van der Waals surface area contributed by atoms with Gasteiger partial charge in [-0.25, -0.2) is 4.98 Å². The molecule has 0 aliphatic rings. The fourth-order valence-electron chi connectivity index (χ4n) is 2.97. The molecule has 0 fully saturated rings. The Morgan fingerprint density at radius 2 is 1.70 bits per heavy atom. The van der Waals surface area contributed by atoms with Crippen molar-refractivity contribution in [2.45, 2.75) is 13.1 Å². The lowest BCUT2D eigenvalue weighted by Crippen LogP contribution is -2.30. The first-order valence-corrected chi connectivity index (χ1v) is 8.75. The molecule has 0 radical (unpaired) electrons. The molecule has 2 heterocycles. The van der Waals surface area contributed by atoms with Crippen molar-refractivity contribution in [1.29, 1.82) is 0 Å². The van der Waals surface area contributed by atoms with Crippen LogP contribution in [0.4, 0.5) is 0 Å². The van der Waals surface area contributed by atoms with Gasteiger partial charge in [0.1, 0.15) is 5.82 Å². The van der Waals surface area contributed by atoms with Gasteiger partial charge in [0.15, 0.2) is 5.76 Å². The number of nitrogens with one attached hydrogen (secondary N) is 1. The zero-order valence-electron chi connectivity index (χ0n) is 14.7. The summed E-state index contributed by atoms with van der Waals surface area (Å²) < 4.78 is 5.29. The lowest BCUT2D eigenvalue weighted by molar-refractivity contribution is 0.0693. The molecule has 0 aliphatic heterocycles. The summed E-state index contributed by atoms with van der Waals surface area (Å²) in [6.45, 7) is 0.849. The predicted octanol–water partition coefficient (Wildman–Crippen LogP) is 4.51. The smallest absolute Gasteiger partial charge is 0.290 e. The molecule has 5 heteroatoms. The number of carbonyl (C=O) groups is 1. The second-order valence-corrected chi connectivity index (χ2v) is 6.24. The van der Waals surface area contributed by atoms with E-state index in [1.54, 1.807) is 29.4 Å². The zero-order valence-corrected chi connectivity index (χ0v) is 14.7. The summed E-state index contributed by atoms with van der Waals surface area (Å²) >= 11 is 0. The molecule has 0 atom stereocenters. The van der Waals surface area contributed by atoms with Gasteiger partial charge in [0.05, 0.1) is 12.8 Å². The van der Waals surface area contributed by atoms with Crippen molar-refractivity contribution in [1.82, 2.24) is 14.9 Å². The van der Waals surface area contributed by atoms with Crippen LogP contribution in [-0.4, -0.2) is 20.8 Å². The summed E-state index contributed by atoms with van der Waals surface area (Å²) in [6.07, 6.45) is 4.94. The Balaban J connectivity index is 1.54. The van der Waals surface area contributed by atoms with Crippen molar-refractivity contribution < 1.29 is 9.21 Å². The molecule has 27 heavy (non-hydrogen) atoms. The monoisotopic (exact) mass is 357 g/mol. The van der Waals surface area contributed by atoms with Crippen molar-refractivity contribution in [3.63, 3.8) is 0 Å². The number of amides is 1. The standard InChI is InChI=1S/C22H19N3O2/c26-22(20-7-4-14-27-20)25(16-21-23-12-13-24-21)15-17-8-10-19(11-9-17)18-5-2-1-3-6-18/h1-14H,15-16H2,(H,23,24). The molecular formula is C22H19N3O2. The van der Waals surface area contributed by atoms with Gasteiger partial charge in [-0.05, 0) is 28.8 Å². The number of aromatic nitrogens is 2. The van der Waals surface area contributed by atoms with Gasteiger partial charge in [0.25, 0.3) is 5.91 Å². The van der Waals surface area contributed by atoms with E-state index >= 15 is 0 Å². The molecule has 0 spiro atoms. The molecule has 134 valence electrons. The zero-order chi connectivity index (χ0) is 18.5. The molecule has 4 rings (SSSR count). The van der Waals surface area contributed by atoms with E-state index in [1.807, 2.05) is 30.3 Å². The van der Waals surface area contributed by atoms with Crippen LogP contribution in [0.1, 0.15) is 21.9 Å². The van der Waals surface area contributed by atoms with Gasteiger partial charge in [-0.2, -0.15) is 0 Å². The van der Waals surface area contributed by atoms with Gasteiger partial charge in [0, 0.05) is 18.9 Å². The SMILES string of the molecule is O=C(c1ccco1)N(Cc1ccc(-c2ccccc2)cc1)Cc1ncc[nH]1. The van der Waals surface area contributed by atoms with Crippen LogP contribution in [-0.2, 0) is 13.1 Å². The number of hydrogen-bond donors (Lipinski definition) is 1. The van der Waals surface area contributed by atoms with Crippen LogP contribution in [0.2, 0.25) is 0 Å². The molecule has 1 N–H and O–H groups in total. The first-order chi connectivity index (χ1) is 13.3. The van der Waals surface area contributed by atoms with Gasteiger partial charge >= 0.3 is 0 Å². The average Bonchev–Trinajstić information content (AvgIpc) is 3.42. The van der Waals surface area contributed by atoms with Gasteiger partial charge < -0.3 is 14.3 Å². The van der Waals surface area contributed by atoms with Gasteiger partial charge in [-0.1, -0.05) is 54.6 Å². The number of furan rings is 1. The average molecular weight is 357 g/mol. The number of carbonyl (C=O) groups excluding carboxylic acids is 1. The number of nitrogens with zero attached hydrogens (tertiary/aromatic N) is 2. The Hall–Kier alpha value is -3.60. The molecule has 5 nitrogen and oxygen atoms in total. The second-order valence-electron chi connectivity index (χ2n) is 6.24. The number of rotatable bonds is 6. The summed E-state index contributed by atoms with van der Waals surface area (Å²) in [5.41, 5.74) is 3.36. The highest BCUT2D eigenvalue weighted by molar-refractivity contribution is 5.91. The normalized spacial score (nSPS) is 10.7. The Labute approximate surface area is 157 Å². The Bertz CT molecular complexity index is 976. The summed E-state index contributed by atoms with van der Waals surface area (Å²) in [4.78, 5) is 21.8. The number of imidazole rings is 1. The fraction of sp³-hybridized carbons (Fsp3) is 0.0909. The third kappa shape index (κ3) is 3.98. The lowest BCUT2D eigenvalue weighted by atomic mass is 10.0. The summed E-state index contributed by atoms with van der Waals surface area (Å²) in [6, 6.07) is 21.9. The van der Waals surface area contributed by atoms with Crippen molar-refractivity contribution in [3.05, 3.63) is 103 Å². The maximum atomic E-state index is 12.8. The first-order valence-electron chi connectivity index (χ1n) is 8.75. The van der Waals surface area contributed by atoms with Gasteiger partial charge in [-0.15, -0.1) is 0 Å². The van der Waals surface area contributed by atoms with E-state index in [2.05, 4.69) is 34.2 Å². The van der Waals surface area contributed by atoms with Crippen LogP contribution in [0.5, 0.6) is 0 Å². The molecular weight excluding hydrogens is 338 g/mol. The van der Waals surface area contributed by atoms with Crippen LogP contribution >= 0.6 is 0 Å². The molecule has 0 saturated carbocycles. The van der Waals surface area contributed by atoms with E-state index in [0.717, 1.165) is 17.0 Å². The molecule has 0 bridgehead atoms. The second kappa shape index (κ2) is 7.74. The Morgan fingerprint density at radius 3 is 2.37 bits per heavy atom. The van der Waals surface area contributed by atoms with E-state index in [4.69, 9.17) is 4.42 Å². The molecule has 2 aromatic carbocycles. The maximum absolute atomic E-state index is 12.8. The number of H-pyrrole nitrogens is 1. The van der Waals surface area contributed by atoms with Crippen LogP contribution < -0.4 is 0 Å². The van der Waals surface area contributed by atoms with E-state index in [0.29, 0.717) is 18.8 Å². The minimum Gasteiger partial charge on any atom is -0.459 e. The highest BCUT2D eigenvalue weighted by atomic mass is 16.3. The van der Waals surface area contributed by atoms with Gasteiger partial charge in [0.2, 0.25) is 0 Å². The Kier molecular flexibility index (Phi) is 4.83. The van der Waals surface area contributed by atoms with Crippen molar-refractivity contribution >= 4 is 5.91 Å².